The zero-order valence-electron chi connectivity index (χ0n) is 19.5. The van der Waals surface area contributed by atoms with Crippen LogP contribution in [0.3, 0.4) is 0 Å². The van der Waals surface area contributed by atoms with Crippen LogP contribution in [0.1, 0.15) is 18.0 Å². The van der Waals surface area contributed by atoms with Crippen molar-refractivity contribution in [1.29, 1.82) is 0 Å². The molecular weight excluding hydrogens is 444 g/mol. The number of fused-ring (bicyclic) bond motifs is 1. The number of nitrogens with two attached hydrogens (primary N) is 1. The van der Waals surface area contributed by atoms with Gasteiger partial charge in [0.05, 0.1) is 49.0 Å². The number of nitrogens with zero attached hydrogens (tertiary/aromatic N) is 6. The molecule has 0 amide bonds. The van der Waals surface area contributed by atoms with Crippen molar-refractivity contribution in [3.8, 4) is 11.3 Å². The van der Waals surface area contributed by atoms with E-state index in [1.807, 2.05) is 36.0 Å². The molecule has 0 aromatic carbocycles. The Morgan fingerprint density at radius 1 is 1.20 bits per heavy atom. The number of hydrogen-bond acceptors (Lipinski definition) is 9. The van der Waals surface area contributed by atoms with Crippen molar-refractivity contribution in [2.45, 2.75) is 31.5 Å². The fourth-order valence-corrected chi connectivity index (χ4v) is 4.86. The summed E-state index contributed by atoms with van der Waals surface area (Å²) < 4.78 is 7.15. The molecule has 2 aliphatic rings. The third kappa shape index (κ3) is 4.20. The van der Waals surface area contributed by atoms with Crippen molar-refractivity contribution >= 4 is 28.1 Å². The van der Waals surface area contributed by atoms with Crippen LogP contribution in [0.5, 0.6) is 0 Å². The number of aliphatic hydroxyl groups is 1. The number of rotatable bonds is 5. The van der Waals surface area contributed by atoms with Gasteiger partial charge in [-0.25, -0.2) is 9.97 Å². The van der Waals surface area contributed by atoms with Crippen LogP contribution < -0.4 is 11.1 Å². The minimum atomic E-state index is -0.472. The van der Waals surface area contributed by atoms with Gasteiger partial charge in [0.2, 0.25) is 0 Å². The number of anilines is 3. The first-order valence-electron chi connectivity index (χ1n) is 11.8. The molecule has 0 saturated carbocycles. The summed E-state index contributed by atoms with van der Waals surface area (Å²) in [6, 6.07) is 6.30. The highest BCUT2D eigenvalue weighted by molar-refractivity contribution is 5.94. The third-order valence-electron chi connectivity index (χ3n) is 6.99. The van der Waals surface area contributed by atoms with E-state index in [1.165, 1.54) is 0 Å². The number of pyridine rings is 3. The SMILES string of the molecule is Cc1ccncc1-c1cc2cc(Nc3cnn([C@H]4CCN(C5COC5)C[C@@H]4O)c3)ncc2c(N)n1. The molecule has 35 heavy (non-hydrogen) atoms. The van der Waals surface area contributed by atoms with Crippen LogP contribution in [0.2, 0.25) is 0 Å². The second kappa shape index (κ2) is 8.88. The summed E-state index contributed by atoms with van der Waals surface area (Å²) in [6.07, 6.45) is 9.35. The van der Waals surface area contributed by atoms with Crippen molar-refractivity contribution in [2.75, 3.05) is 37.4 Å². The Hall–Kier alpha value is -3.60. The fraction of sp³-hybridized carbons (Fsp3) is 0.360. The number of β-amino-alcohol motifs (C(OH)–C–C–N with tert-alkyl or cyclic N) is 1. The van der Waals surface area contributed by atoms with E-state index in [0.29, 0.717) is 24.2 Å². The Morgan fingerprint density at radius 2 is 2.09 bits per heavy atom. The lowest BCUT2D eigenvalue weighted by molar-refractivity contribution is -0.0945. The van der Waals surface area contributed by atoms with Crippen LogP contribution in [-0.2, 0) is 4.74 Å². The number of piperidine rings is 1. The van der Waals surface area contributed by atoms with Crippen LogP contribution in [0.25, 0.3) is 22.0 Å². The van der Waals surface area contributed by atoms with Gasteiger partial charge >= 0.3 is 0 Å². The number of hydrogen-bond donors (Lipinski definition) is 3. The molecule has 2 saturated heterocycles. The summed E-state index contributed by atoms with van der Waals surface area (Å²) in [4.78, 5) is 15.6. The fourth-order valence-electron chi connectivity index (χ4n) is 4.86. The Bertz CT molecular complexity index is 1370. The number of aryl methyl sites for hydroxylation is 1. The molecule has 4 aromatic heterocycles. The van der Waals surface area contributed by atoms with E-state index in [0.717, 1.165) is 59.5 Å². The largest absolute Gasteiger partial charge is 0.390 e. The van der Waals surface area contributed by atoms with Crippen molar-refractivity contribution in [2.24, 2.45) is 0 Å². The van der Waals surface area contributed by atoms with Crippen LogP contribution in [-0.4, -0.2) is 73.2 Å². The monoisotopic (exact) mass is 472 g/mol. The van der Waals surface area contributed by atoms with Gasteiger partial charge in [0.15, 0.2) is 0 Å². The quantitative estimate of drug-likeness (QED) is 0.401. The molecule has 4 N–H and O–H groups in total. The number of nitrogen functional groups attached to an aromatic ring is 1. The molecule has 4 aromatic rings. The van der Waals surface area contributed by atoms with Crippen LogP contribution in [0, 0.1) is 6.92 Å². The molecule has 10 nitrogen and oxygen atoms in total. The second-order valence-electron chi connectivity index (χ2n) is 9.32. The molecule has 0 unspecified atom stereocenters. The highest BCUT2D eigenvalue weighted by atomic mass is 16.5. The molecule has 6 rings (SSSR count). The molecule has 10 heteroatoms. The molecule has 0 radical (unpaired) electrons. The average molecular weight is 473 g/mol. The van der Waals surface area contributed by atoms with Gasteiger partial charge in [-0.05, 0) is 42.5 Å². The van der Waals surface area contributed by atoms with E-state index >= 15 is 0 Å². The summed E-state index contributed by atoms with van der Waals surface area (Å²) in [7, 11) is 0. The molecule has 0 spiro atoms. The first-order chi connectivity index (χ1) is 17.0. The van der Waals surface area contributed by atoms with Crippen molar-refractivity contribution in [1.82, 2.24) is 29.6 Å². The Labute approximate surface area is 202 Å². The normalized spacial score (nSPS) is 21.2. The van der Waals surface area contributed by atoms with Gasteiger partial charge in [-0.15, -0.1) is 0 Å². The molecule has 180 valence electrons. The zero-order valence-corrected chi connectivity index (χ0v) is 19.5. The first kappa shape index (κ1) is 21.9. The molecular formula is C25H28N8O2. The van der Waals surface area contributed by atoms with Crippen molar-refractivity contribution in [3.63, 3.8) is 0 Å². The lowest BCUT2D eigenvalue weighted by atomic mass is 10.00. The van der Waals surface area contributed by atoms with Gasteiger partial charge in [-0.3, -0.25) is 14.6 Å². The smallest absolute Gasteiger partial charge is 0.133 e. The van der Waals surface area contributed by atoms with Crippen molar-refractivity contribution < 1.29 is 9.84 Å². The maximum absolute atomic E-state index is 10.7. The molecule has 2 fully saturated rings. The van der Waals surface area contributed by atoms with Gasteiger partial charge in [0, 0.05) is 48.8 Å². The van der Waals surface area contributed by atoms with Gasteiger partial charge in [0.25, 0.3) is 0 Å². The molecule has 6 heterocycles. The van der Waals surface area contributed by atoms with E-state index in [1.54, 1.807) is 24.8 Å². The highest BCUT2D eigenvalue weighted by Gasteiger charge is 2.35. The topological polar surface area (TPSA) is 127 Å². The van der Waals surface area contributed by atoms with E-state index in [-0.39, 0.29) is 6.04 Å². The zero-order chi connectivity index (χ0) is 23.9. The lowest BCUT2D eigenvalue weighted by Gasteiger charge is -2.43. The van der Waals surface area contributed by atoms with Gasteiger partial charge < -0.3 is 20.9 Å². The maximum Gasteiger partial charge on any atom is 0.133 e. The second-order valence-corrected chi connectivity index (χ2v) is 9.32. The predicted octanol–water partition coefficient (Wildman–Crippen LogP) is 2.53. The number of aliphatic hydroxyl groups excluding tert-OH is 1. The first-order valence-corrected chi connectivity index (χ1v) is 11.8. The van der Waals surface area contributed by atoms with Crippen LogP contribution in [0.15, 0.2) is 49.2 Å². The lowest BCUT2D eigenvalue weighted by Crippen LogP contribution is -2.55. The third-order valence-corrected chi connectivity index (χ3v) is 6.99. The van der Waals surface area contributed by atoms with Gasteiger partial charge in [-0.2, -0.15) is 5.10 Å². The molecule has 2 aliphatic heterocycles. The minimum Gasteiger partial charge on any atom is -0.390 e. The number of ether oxygens (including phenoxy) is 1. The van der Waals surface area contributed by atoms with Gasteiger partial charge in [0.1, 0.15) is 11.6 Å². The molecule has 2 atom stereocenters. The summed E-state index contributed by atoms with van der Waals surface area (Å²) in [5, 5.41) is 20.3. The van der Waals surface area contributed by atoms with E-state index in [4.69, 9.17) is 10.5 Å². The van der Waals surface area contributed by atoms with Gasteiger partial charge in [-0.1, -0.05) is 0 Å². The van der Waals surface area contributed by atoms with E-state index in [9.17, 15) is 5.11 Å². The average Bonchev–Trinajstić information content (AvgIpc) is 3.26. The molecule has 0 aliphatic carbocycles. The summed E-state index contributed by atoms with van der Waals surface area (Å²) in [5.74, 6) is 1.11. The Morgan fingerprint density at radius 3 is 2.86 bits per heavy atom. The van der Waals surface area contributed by atoms with E-state index < -0.39 is 6.10 Å². The van der Waals surface area contributed by atoms with Crippen molar-refractivity contribution in [3.05, 3.63) is 54.7 Å². The van der Waals surface area contributed by atoms with Crippen LogP contribution in [0.4, 0.5) is 17.3 Å². The van der Waals surface area contributed by atoms with E-state index in [2.05, 4.69) is 30.3 Å². The highest BCUT2D eigenvalue weighted by Crippen LogP contribution is 2.30. The Kier molecular flexibility index (Phi) is 5.56. The maximum atomic E-state index is 10.7. The standard InChI is InChI=1S/C25H28N8O2/c1-15-2-4-27-9-19(15)21-6-16-7-24(28-10-20(16)25(26)31-21)30-17-8-29-33(11-17)22-3-5-32(12-23(22)34)18-13-35-14-18/h2,4,6-11,18,22-23,34H,3,5,12-14H2,1H3,(H2,26,31)(H,28,30)/t22-,23-/m0/s1. The summed E-state index contributed by atoms with van der Waals surface area (Å²) in [6.45, 7) is 5.12. The Balaban J connectivity index is 1.21. The molecule has 0 bridgehead atoms. The number of likely N-dealkylation sites (tertiary alicyclic amines) is 1. The predicted molar refractivity (Wildman–Crippen MR) is 133 cm³/mol. The number of aromatic nitrogens is 5. The number of nitrogens with one attached hydrogen (secondary N) is 1. The summed E-state index contributed by atoms with van der Waals surface area (Å²) in [5.41, 5.74) is 9.87. The van der Waals surface area contributed by atoms with Crippen LogP contribution >= 0.6 is 0 Å². The minimum absolute atomic E-state index is 0.0523. The summed E-state index contributed by atoms with van der Waals surface area (Å²) >= 11 is 0.